The number of aryl methyl sites for hydroxylation is 1. The number of nitrogens with zero attached hydrogens (tertiary/aromatic N) is 1. The predicted octanol–water partition coefficient (Wildman–Crippen LogP) is 3.90. The summed E-state index contributed by atoms with van der Waals surface area (Å²) < 4.78 is 38.8. The number of amides is 1. The standard InChI is InChI=1S/C26H34N4O5S2/c1-5-24-27-23(17-36-24)21(15-19-11-13-20(14-12-19)30-37(32,33)34)28-25(31)22(29-26(2,3)35-4)16-18-9-7-6-8-10-18/h6-14,17,21-22,29-30H,5,15-16H2,1-4H3,(H,28,31)(H,32,33,34)/t21-,22-/m0/s1. The van der Waals surface area contributed by atoms with Gasteiger partial charge in [-0.1, -0.05) is 49.4 Å². The van der Waals surface area contributed by atoms with E-state index in [2.05, 4.69) is 10.6 Å². The molecule has 0 radical (unpaired) electrons. The molecule has 0 spiro atoms. The number of ether oxygens (including phenoxy) is 1. The van der Waals surface area contributed by atoms with Crippen molar-refractivity contribution >= 4 is 33.2 Å². The molecule has 1 heterocycles. The number of nitrogens with one attached hydrogen (secondary N) is 3. The lowest BCUT2D eigenvalue weighted by atomic mass is 10.0. The normalized spacial score (nSPS) is 13.6. The molecule has 0 unspecified atom stereocenters. The van der Waals surface area contributed by atoms with Crippen molar-refractivity contribution < 1.29 is 22.5 Å². The summed E-state index contributed by atoms with van der Waals surface area (Å²) in [6.07, 6.45) is 1.71. The summed E-state index contributed by atoms with van der Waals surface area (Å²) in [4.78, 5) is 18.4. The van der Waals surface area contributed by atoms with E-state index in [1.165, 1.54) is 0 Å². The lowest BCUT2D eigenvalue weighted by Crippen LogP contribution is -2.55. The zero-order valence-corrected chi connectivity index (χ0v) is 23.0. The predicted molar refractivity (Wildman–Crippen MR) is 146 cm³/mol. The van der Waals surface area contributed by atoms with E-state index in [-0.39, 0.29) is 11.6 Å². The van der Waals surface area contributed by atoms with Gasteiger partial charge < -0.3 is 10.1 Å². The Hall–Kier alpha value is -2.83. The van der Waals surface area contributed by atoms with Crippen molar-refractivity contribution in [2.45, 2.75) is 57.8 Å². The van der Waals surface area contributed by atoms with Gasteiger partial charge in [-0.15, -0.1) is 11.3 Å². The molecule has 4 N–H and O–H groups in total. The van der Waals surface area contributed by atoms with Gasteiger partial charge in [-0.25, -0.2) is 4.98 Å². The van der Waals surface area contributed by atoms with Crippen LogP contribution < -0.4 is 15.4 Å². The highest BCUT2D eigenvalue weighted by molar-refractivity contribution is 7.87. The molecule has 0 bridgehead atoms. The van der Waals surface area contributed by atoms with E-state index in [0.717, 1.165) is 28.2 Å². The summed E-state index contributed by atoms with van der Waals surface area (Å²) in [5.74, 6) is -0.185. The van der Waals surface area contributed by atoms with Gasteiger partial charge >= 0.3 is 10.3 Å². The molecule has 0 aliphatic heterocycles. The molecule has 11 heteroatoms. The Labute approximate surface area is 222 Å². The first-order valence-electron chi connectivity index (χ1n) is 11.9. The summed E-state index contributed by atoms with van der Waals surface area (Å²) in [6, 6.07) is 15.4. The molecule has 3 aromatic rings. The first kappa shape index (κ1) is 28.7. The van der Waals surface area contributed by atoms with E-state index < -0.39 is 28.1 Å². The third-order valence-electron chi connectivity index (χ3n) is 5.82. The summed E-state index contributed by atoms with van der Waals surface area (Å²) >= 11 is 1.55. The molecule has 0 saturated heterocycles. The van der Waals surface area contributed by atoms with E-state index in [9.17, 15) is 13.2 Å². The fraction of sp³-hybridized carbons (Fsp3) is 0.385. The average molecular weight is 547 g/mol. The Balaban J connectivity index is 1.84. The number of anilines is 1. The maximum absolute atomic E-state index is 13.6. The summed E-state index contributed by atoms with van der Waals surface area (Å²) in [7, 11) is -2.77. The van der Waals surface area contributed by atoms with Crippen LogP contribution in [0.25, 0.3) is 0 Å². The van der Waals surface area contributed by atoms with Gasteiger partial charge in [0.25, 0.3) is 0 Å². The zero-order valence-electron chi connectivity index (χ0n) is 21.4. The van der Waals surface area contributed by atoms with E-state index in [1.54, 1.807) is 42.7 Å². The van der Waals surface area contributed by atoms with Crippen molar-refractivity contribution in [3.05, 3.63) is 81.8 Å². The second-order valence-corrected chi connectivity index (χ2v) is 11.3. The lowest BCUT2D eigenvalue weighted by Gasteiger charge is -2.31. The minimum atomic E-state index is -4.36. The number of methoxy groups -OCH3 is 1. The Kier molecular flexibility index (Phi) is 9.80. The maximum atomic E-state index is 13.6. The quantitative estimate of drug-likeness (QED) is 0.189. The van der Waals surface area contributed by atoms with Crippen molar-refractivity contribution in [3.63, 3.8) is 0 Å². The van der Waals surface area contributed by atoms with E-state index in [0.29, 0.717) is 12.8 Å². The van der Waals surface area contributed by atoms with Crippen molar-refractivity contribution in [1.29, 1.82) is 0 Å². The fourth-order valence-corrected chi connectivity index (χ4v) is 5.01. The van der Waals surface area contributed by atoms with Gasteiger partial charge in [0.15, 0.2) is 0 Å². The molecule has 200 valence electrons. The molecular formula is C26H34N4O5S2. The second-order valence-electron chi connectivity index (χ2n) is 9.16. The molecule has 2 aromatic carbocycles. The molecule has 0 saturated carbocycles. The molecule has 0 fully saturated rings. The van der Waals surface area contributed by atoms with Crippen LogP contribution in [0, 0.1) is 0 Å². The Bertz CT molecular complexity index is 1260. The number of carbonyl (C=O) groups is 1. The van der Waals surface area contributed by atoms with Gasteiger partial charge in [0, 0.05) is 12.5 Å². The van der Waals surface area contributed by atoms with Gasteiger partial charge in [-0.3, -0.25) is 19.4 Å². The first-order valence-corrected chi connectivity index (χ1v) is 14.3. The van der Waals surface area contributed by atoms with Crippen LogP contribution in [0.4, 0.5) is 5.69 Å². The number of hydrogen-bond acceptors (Lipinski definition) is 7. The summed E-state index contributed by atoms with van der Waals surface area (Å²) in [6.45, 7) is 5.77. The molecule has 37 heavy (non-hydrogen) atoms. The van der Waals surface area contributed by atoms with Crippen LogP contribution in [-0.4, -0.2) is 42.7 Å². The van der Waals surface area contributed by atoms with Crippen molar-refractivity contribution in [2.24, 2.45) is 0 Å². The van der Waals surface area contributed by atoms with Crippen LogP contribution in [0.15, 0.2) is 60.0 Å². The van der Waals surface area contributed by atoms with Crippen LogP contribution in [-0.2, 0) is 39.1 Å². The van der Waals surface area contributed by atoms with Gasteiger partial charge in [-0.05, 0) is 56.4 Å². The number of rotatable bonds is 13. The largest absolute Gasteiger partial charge is 0.364 e. The lowest BCUT2D eigenvalue weighted by molar-refractivity contribution is -0.126. The SMILES string of the molecule is CCc1nc([C@H](Cc2ccc(NS(=O)(=O)O)cc2)NC(=O)[C@H](Cc2ccccc2)NC(C)(C)OC)cs1. The number of thiazole rings is 1. The van der Waals surface area contributed by atoms with Crippen LogP contribution in [0.2, 0.25) is 0 Å². The van der Waals surface area contributed by atoms with Gasteiger partial charge in [0.05, 0.1) is 28.5 Å². The Morgan fingerprint density at radius 2 is 1.73 bits per heavy atom. The Morgan fingerprint density at radius 1 is 1.08 bits per heavy atom. The van der Waals surface area contributed by atoms with Crippen LogP contribution in [0.3, 0.4) is 0 Å². The summed E-state index contributed by atoms with van der Waals surface area (Å²) in [5, 5.41) is 9.42. The van der Waals surface area contributed by atoms with Gasteiger partial charge in [0.2, 0.25) is 5.91 Å². The minimum Gasteiger partial charge on any atom is -0.364 e. The van der Waals surface area contributed by atoms with E-state index >= 15 is 0 Å². The van der Waals surface area contributed by atoms with Crippen LogP contribution >= 0.6 is 11.3 Å². The molecule has 1 aromatic heterocycles. The number of carbonyl (C=O) groups excluding carboxylic acids is 1. The van der Waals surface area contributed by atoms with Crippen molar-refractivity contribution in [3.8, 4) is 0 Å². The number of aromatic nitrogens is 1. The molecule has 0 aliphatic rings. The van der Waals surface area contributed by atoms with Crippen LogP contribution in [0.5, 0.6) is 0 Å². The van der Waals surface area contributed by atoms with Crippen molar-refractivity contribution in [1.82, 2.24) is 15.6 Å². The minimum absolute atomic E-state index is 0.185. The fourth-order valence-electron chi connectivity index (χ4n) is 3.78. The van der Waals surface area contributed by atoms with Crippen LogP contribution in [0.1, 0.15) is 48.6 Å². The van der Waals surface area contributed by atoms with Gasteiger partial charge in [-0.2, -0.15) is 8.42 Å². The summed E-state index contributed by atoms with van der Waals surface area (Å²) in [5.41, 5.74) is 2.16. The number of benzene rings is 2. The highest BCUT2D eigenvalue weighted by Gasteiger charge is 2.29. The molecule has 0 aliphatic carbocycles. The monoisotopic (exact) mass is 546 g/mol. The molecular weight excluding hydrogens is 512 g/mol. The third-order valence-corrected chi connectivity index (χ3v) is 7.32. The first-order chi connectivity index (χ1) is 17.5. The van der Waals surface area contributed by atoms with Gasteiger partial charge in [0.1, 0.15) is 5.72 Å². The van der Waals surface area contributed by atoms with E-state index in [4.69, 9.17) is 14.3 Å². The van der Waals surface area contributed by atoms with E-state index in [1.807, 2.05) is 61.2 Å². The maximum Gasteiger partial charge on any atom is 0.357 e. The van der Waals surface area contributed by atoms with Crippen molar-refractivity contribution in [2.75, 3.05) is 11.8 Å². The highest BCUT2D eigenvalue weighted by atomic mass is 32.2. The highest BCUT2D eigenvalue weighted by Crippen LogP contribution is 2.23. The number of hydrogen-bond donors (Lipinski definition) is 4. The Morgan fingerprint density at radius 3 is 2.30 bits per heavy atom. The topological polar surface area (TPSA) is 130 Å². The molecule has 3 rings (SSSR count). The average Bonchev–Trinajstić information content (AvgIpc) is 3.33. The molecule has 1 amide bonds. The smallest absolute Gasteiger partial charge is 0.357 e. The second kappa shape index (κ2) is 12.6. The third kappa shape index (κ3) is 9.20. The zero-order chi connectivity index (χ0) is 27.1. The molecule has 2 atom stereocenters. The molecule has 9 nitrogen and oxygen atoms in total.